The Morgan fingerprint density at radius 1 is 1.27 bits per heavy atom. The minimum Gasteiger partial charge on any atom is -0.444 e. The highest BCUT2D eigenvalue weighted by molar-refractivity contribution is 9.10. The number of likely N-dealkylation sites (N-methyl/N-ethyl adjacent to an activating group) is 1. The number of hydrogen-bond acceptors (Lipinski definition) is 4. The second-order valence-electron chi connectivity index (χ2n) is 6.65. The predicted octanol–water partition coefficient (Wildman–Crippen LogP) is 3.46. The van der Waals surface area contributed by atoms with Crippen LogP contribution in [-0.4, -0.2) is 54.8 Å². The molecule has 1 saturated heterocycles. The van der Waals surface area contributed by atoms with Gasteiger partial charge in [-0.05, 0) is 73.2 Å². The van der Waals surface area contributed by atoms with Gasteiger partial charge in [0.25, 0.3) is 11.8 Å². The maximum absolute atomic E-state index is 12.8. The molecule has 0 saturated carbocycles. The van der Waals surface area contributed by atoms with Gasteiger partial charge in [-0.25, -0.2) is 0 Å². The van der Waals surface area contributed by atoms with Crippen LogP contribution in [0.25, 0.3) is 0 Å². The summed E-state index contributed by atoms with van der Waals surface area (Å²) in [6.45, 7) is 1.49. The minimum absolute atomic E-state index is 0.00612. The molecule has 6 nitrogen and oxygen atoms in total. The Kier molecular flexibility index (Phi) is 5.78. The van der Waals surface area contributed by atoms with Crippen LogP contribution < -0.4 is 5.32 Å². The van der Waals surface area contributed by atoms with Crippen molar-refractivity contribution in [3.63, 3.8) is 0 Å². The van der Waals surface area contributed by atoms with E-state index in [9.17, 15) is 9.59 Å². The highest BCUT2D eigenvalue weighted by Gasteiger charge is 2.25. The lowest BCUT2D eigenvalue weighted by Crippen LogP contribution is -2.47. The van der Waals surface area contributed by atoms with Crippen molar-refractivity contribution in [1.82, 2.24) is 9.80 Å². The van der Waals surface area contributed by atoms with E-state index in [1.807, 2.05) is 19.0 Å². The number of carbonyl (C=O) groups excluding carboxylic acids is 2. The van der Waals surface area contributed by atoms with Crippen molar-refractivity contribution in [2.24, 2.45) is 0 Å². The molecule has 1 atom stereocenters. The third kappa shape index (κ3) is 4.34. The molecule has 1 aliphatic rings. The Balaban J connectivity index is 1.70. The molecule has 7 heteroatoms. The zero-order chi connectivity index (χ0) is 18.7. The molecule has 1 unspecified atom stereocenters. The Hall–Kier alpha value is -2.12. The van der Waals surface area contributed by atoms with E-state index in [4.69, 9.17) is 4.42 Å². The molecule has 2 heterocycles. The average molecular weight is 420 g/mol. The summed E-state index contributed by atoms with van der Waals surface area (Å²) in [4.78, 5) is 29.1. The van der Waals surface area contributed by atoms with Crippen LogP contribution in [-0.2, 0) is 0 Å². The first-order valence-corrected chi connectivity index (χ1v) is 9.36. The van der Waals surface area contributed by atoms with Crippen molar-refractivity contribution >= 4 is 33.4 Å². The largest absolute Gasteiger partial charge is 0.444 e. The first kappa shape index (κ1) is 18.7. The molecule has 0 aliphatic carbocycles. The van der Waals surface area contributed by atoms with Crippen LogP contribution in [0.5, 0.6) is 0 Å². The number of halogens is 1. The van der Waals surface area contributed by atoms with Crippen molar-refractivity contribution in [3.8, 4) is 0 Å². The molecule has 1 fully saturated rings. The van der Waals surface area contributed by atoms with Crippen LogP contribution in [0.4, 0.5) is 5.69 Å². The van der Waals surface area contributed by atoms with Gasteiger partial charge in [0.1, 0.15) is 0 Å². The summed E-state index contributed by atoms with van der Waals surface area (Å²) in [6, 6.07) is 10.6. The zero-order valence-corrected chi connectivity index (χ0v) is 16.5. The van der Waals surface area contributed by atoms with Gasteiger partial charge in [0.15, 0.2) is 10.4 Å². The molecule has 0 bridgehead atoms. The van der Waals surface area contributed by atoms with E-state index in [2.05, 4.69) is 26.1 Å². The van der Waals surface area contributed by atoms with Crippen molar-refractivity contribution in [3.05, 3.63) is 52.4 Å². The van der Waals surface area contributed by atoms with Gasteiger partial charge in [-0.15, -0.1) is 0 Å². The highest BCUT2D eigenvalue weighted by atomic mass is 79.9. The van der Waals surface area contributed by atoms with E-state index in [1.165, 1.54) is 0 Å². The molecular weight excluding hydrogens is 398 g/mol. The number of piperidine rings is 1. The van der Waals surface area contributed by atoms with Crippen molar-refractivity contribution in [1.29, 1.82) is 0 Å². The monoisotopic (exact) mass is 419 g/mol. The summed E-state index contributed by atoms with van der Waals surface area (Å²) in [6.07, 6.45) is 2.10. The first-order valence-electron chi connectivity index (χ1n) is 8.56. The fourth-order valence-corrected chi connectivity index (χ4v) is 3.41. The van der Waals surface area contributed by atoms with Gasteiger partial charge in [0, 0.05) is 30.4 Å². The quantitative estimate of drug-likeness (QED) is 0.823. The van der Waals surface area contributed by atoms with E-state index in [0.717, 1.165) is 25.9 Å². The molecule has 0 radical (unpaired) electrons. The summed E-state index contributed by atoms with van der Waals surface area (Å²) >= 11 is 3.18. The second-order valence-corrected chi connectivity index (χ2v) is 7.43. The Morgan fingerprint density at radius 3 is 2.77 bits per heavy atom. The van der Waals surface area contributed by atoms with Gasteiger partial charge < -0.3 is 19.5 Å². The van der Waals surface area contributed by atoms with Gasteiger partial charge in [0.2, 0.25) is 0 Å². The number of hydrogen-bond donors (Lipinski definition) is 1. The van der Waals surface area contributed by atoms with Crippen LogP contribution >= 0.6 is 15.9 Å². The maximum Gasteiger partial charge on any atom is 0.291 e. The topological polar surface area (TPSA) is 65.8 Å². The third-order valence-electron chi connectivity index (χ3n) is 4.58. The summed E-state index contributed by atoms with van der Waals surface area (Å²) in [5, 5.41) is 2.76. The van der Waals surface area contributed by atoms with Gasteiger partial charge >= 0.3 is 0 Å². The Bertz CT molecular complexity index is 803. The lowest BCUT2D eigenvalue weighted by molar-refractivity contribution is 0.0635. The van der Waals surface area contributed by atoms with Crippen LogP contribution in [0.2, 0.25) is 0 Å². The van der Waals surface area contributed by atoms with Gasteiger partial charge in [-0.3, -0.25) is 9.59 Å². The number of benzene rings is 1. The molecule has 1 aliphatic heterocycles. The summed E-state index contributed by atoms with van der Waals surface area (Å²) in [5.41, 5.74) is 1.14. The minimum atomic E-state index is -0.356. The van der Waals surface area contributed by atoms with Crippen LogP contribution in [0.3, 0.4) is 0 Å². The van der Waals surface area contributed by atoms with Crippen molar-refractivity contribution < 1.29 is 14.0 Å². The molecule has 2 amide bonds. The zero-order valence-electron chi connectivity index (χ0n) is 14.9. The van der Waals surface area contributed by atoms with E-state index in [-0.39, 0.29) is 17.6 Å². The van der Waals surface area contributed by atoms with Crippen molar-refractivity contribution in [2.75, 3.05) is 32.5 Å². The molecule has 138 valence electrons. The smallest absolute Gasteiger partial charge is 0.291 e. The van der Waals surface area contributed by atoms with Gasteiger partial charge in [-0.1, -0.05) is 6.07 Å². The highest BCUT2D eigenvalue weighted by Crippen LogP contribution is 2.20. The molecule has 1 aromatic heterocycles. The number of anilines is 1. The third-order valence-corrected chi connectivity index (χ3v) is 5.00. The average Bonchev–Trinajstić information content (AvgIpc) is 3.08. The second kappa shape index (κ2) is 8.05. The molecule has 0 spiro atoms. The number of nitrogens with zero attached hydrogens (tertiary/aromatic N) is 2. The fourth-order valence-electron chi connectivity index (χ4n) is 3.10. The van der Waals surface area contributed by atoms with Crippen LogP contribution in [0.15, 0.2) is 45.5 Å². The molecule has 2 aromatic rings. The lowest BCUT2D eigenvalue weighted by atomic mass is 10.0. The Labute approximate surface area is 161 Å². The SMILES string of the molecule is CN(C)C1CCCN(C(=O)c2cccc(NC(=O)c3ccc(Br)o3)c2)C1. The fraction of sp³-hybridized carbons (Fsp3) is 0.368. The van der Waals surface area contributed by atoms with Crippen LogP contribution in [0, 0.1) is 0 Å². The molecule has 1 aromatic carbocycles. The predicted molar refractivity (Wildman–Crippen MR) is 103 cm³/mol. The molecule has 3 rings (SSSR count). The number of furan rings is 1. The molecular formula is C19H22BrN3O3. The standard InChI is InChI=1S/C19H22BrN3O3/c1-22(2)15-7-4-10-23(12-15)19(25)13-5-3-6-14(11-13)21-18(24)16-8-9-17(20)26-16/h3,5-6,8-9,11,15H,4,7,10,12H2,1-2H3,(H,21,24). The first-order chi connectivity index (χ1) is 12.4. The van der Waals surface area contributed by atoms with E-state index in [1.54, 1.807) is 36.4 Å². The number of amides is 2. The normalized spacial score (nSPS) is 17.4. The number of likely N-dealkylation sites (tertiary alicyclic amines) is 1. The number of nitrogens with one attached hydrogen (secondary N) is 1. The summed E-state index contributed by atoms with van der Waals surface area (Å²) in [5.74, 6) is -0.155. The molecule has 26 heavy (non-hydrogen) atoms. The number of carbonyl (C=O) groups is 2. The Morgan fingerprint density at radius 2 is 2.08 bits per heavy atom. The maximum atomic E-state index is 12.8. The molecule has 1 N–H and O–H groups in total. The summed E-state index contributed by atoms with van der Waals surface area (Å²) < 4.78 is 5.74. The van der Waals surface area contributed by atoms with Gasteiger partial charge in [-0.2, -0.15) is 0 Å². The van der Waals surface area contributed by atoms with Gasteiger partial charge in [0.05, 0.1) is 0 Å². The van der Waals surface area contributed by atoms with Crippen LogP contribution in [0.1, 0.15) is 33.8 Å². The lowest BCUT2D eigenvalue weighted by Gasteiger charge is -2.36. The van der Waals surface area contributed by atoms with E-state index < -0.39 is 0 Å². The van der Waals surface area contributed by atoms with Crippen molar-refractivity contribution in [2.45, 2.75) is 18.9 Å². The number of rotatable bonds is 4. The summed E-state index contributed by atoms with van der Waals surface area (Å²) in [7, 11) is 4.09. The van der Waals surface area contributed by atoms with E-state index >= 15 is 0 Å². The van der Waals surface area contributed by atoms with E-state index in [0.29, 0.717) is 22.0 Å².